The topological polar surface area (TPSA) is 88.1 Å². The number of amides is 2. The van der Waals surface area contributed by atoms with Gasteiger partial charge in [0.2, 0.25) is 0 Å². The van der Waals surface area contributed by atoms with Crippen LogP contribution in [0.1, 0.15) is 27.3 Å². The van der Waals surface area contributed by atoms with E-state index >= 15 is 0 Å². The number of aryl methyl sites for hydroxylation is 2. The lowest BCUT2D eigenvalue weighted by Gasteiger charge is -2.10. The molecule has 0 aliphatic heterocycles. The number of nitrogens with zero attached hydrogens (tertiary/aromatic N) is 2. The minimum absolute atomic E-state index is 0.0411. The number of anilines is 1. The lowest BCUT2D eigenvalue weighted by molar-refractivity contribution is -0.120. The molecule has 150 valence electrons. The molecule has 0 aliphatic carbocycles. The van der Waals surface area contributed by atoms with Gasteiger partial charge in [-0.2, -0.15) is 5.10 Å². The number of benzene rings is 2. The summed E-state index contributed by atoms with van der Waals surface area (Å²) in [7, 11) is 0. The Hall–Kier alpha value is -3.13. The maximum Gasteiger partial charge on any atom is 0.273 e. The molecule has 0 saturated carbocycles. The molecule has 0 atom stereocenters. The fraction of sp³-hybridized carbons (Fsp3) is 0.190. The summed E-state index contributed by atoms with van der Waals surface area (Å²) < 4.78 is 2.67. The molecule has 29 heavy (non-hydrogen) atoms. The smallest absolute Gasteiger partial charge is 0.273 e. The van der Waals surface area contributed by atoms with Crippen LogP contribution in [0.4, 0.5) is 5.69 Å². The Morgan fingerprint density at radius 2 is 1.62 bits per heavy atom. The van der Waals surface area contributed by atoms with Crippen LogP contribution >= 0.6 is 15.9 Å². The zero-order valence-electron chi connectivity index (χ0n) is 16.4. The standard InChI is InChI=1S/C21H22BrN5O2/c1-13-4-8-17(9-5-13)23-12-19(28)24-25-21(29)20-14(2)26-27(15(20)3)18-10-6-16(22)7-11-18/h4-11,23H,12H2,1-3H3,(H,24,28)(H,25,29). The SMILES string of the molecule is Cc1ccc(NCC(=O)NNC(=O)c2c(C)nn(-c3ccc(Br)cc3)c2C)cc1. The molecule has 7 nitrogen and oxygen atoms in total. The minimum atomic E-state index is -0.410. The van der Waals surface area contributed by atoms with E-state index in [1.165, 1.54) is 0 Å². The Morgan fingerprint density at radius 1 is 0.966 bits per heavy atom. The summed E-state index contributed by atoms with van der Waals surface area (Å²) in [5.41, 5.74) is 9.41. The van der Waals surface area contributed by atoms with Gasteiger partial charge < -0.3 is 5.32 Å². The van der Waals surface area contributed by atoms with Crippen molar-refractivity contribution in [1.29, 1.82) is 0 Å². The van der Waals surface area contributed by atoms with Crippen LogP contribution in [0.15, 0.2) is 53.0 Å². The summed E-state index contributed by atoms with van der Waals surface area (Å²) in [6.07, 6.45) is 0. The molecule has 3 aromatic rings. The first-order chi connectivity index (χ1) is 13.8. The first-order valence-corrected chi connectivity index (χ1v) is 9.86. The second-order valence-corrected chi connectivity index (χ2v) is 7.57. The summed E-state index contributed by atoms with van der Waals surface area (Å²) in [6.45, 7) is 5.62. The molecule has 2 aromatic carbocycles. The highest BCUT2D eigenvalue weighted by molar-refractivity contribution is 9.10. The molecule has 3 N–H and O–H groups in total. The quantitative estimate of drug-likeness (QED) is 0.514. The second-order valence-electron chi connectivity index (χ2n) is 6.66. The molecule has 0 bridgehead atoms. The molecule has 0 aliphatic rings. The van der Waals surface area contributed by atoms with E-state index < -0.39 is 5.91 Å². The van der Waals surface area contributed by atoms with Gasteiger partial charge in [0, 0.05) is 10.2 Å². The summed E-state index contributed by atoms with van der Waals surface area (Å²) in [6, 6.07) is 15.3. The van der Waals surface area contributed by atoms with E-state index in [0.29, 0.717) is 17.0 Å². The maximum absolute atomic E-state index is 12.6. The Morgan fingerprint density at radius 3 is 2.28 bits per heavy atom. The number of carbonyl (C=O) groups excluding carboxylic acids is 2. The molecular formula is C21H22BrN5O2. The summed E-state index contributed by atoms with van der Waals surface area (Å²) in [4.78, 5) is 24.6. The number of aromatic nitrogens is 2. The van der Waals surface area contributed by atoms with Crippen molar-refractivity contribution in [3.63, 3.8) is 0 Å². The molecule has 1 aromatic heterocycles. The van der Waals surface area contributed by atoms with E-state index in [1.807, 2.05) is 62.4 Å². The van der Waals surface area contributed by atoms with Gasteiger partial charge in [0.05, 0.1) is 29.2 Å². The van der Waals surface area contributed by atoms with Crippen molar-refractivity contribution in [3.05, 3.63) is 75.5 Å². The van der Waals surface area contributed by atoms with E-state index in [1.54, 1.807) is 11.6 Å². The molecule has 1 heterocycles. The van der Waals surface area contributed by atoms with Gasteiger partial charge >= 0.3 is 0 Å². The van der Waals surface area contributed by atoms with Crippen molar-refractivity contribution in [3.8, 4) is 5.69 Å². The fourth-order valence-electron chi connectivity index (χ4n) is 2.89. The van der Waals surface area contributed by atoms with Crippen molar-refractivity contribution >= 4 is 33.4 Å². The Balaban J connectivity index is 1.61. The van der Waals surface area contributed by atoms with Gasteiger partial charge in [-0.25, -0.2) is 4.68 Å². The van der Waals surface area contributed by atoms with Crippen molar-refractivity contribution in [2.75, 3.05) is 11.9 Å². The highest BCUT2D eigenvalue weighted by Crippen LogP contribution is 2.19. The zero-order valence-corrected chi connectivity index (χ0v) is 18.0. The molecule has 0 unspecified atom stereocenters. The second kappa shape index (κ2) is 8.91. The summed E-state index contributed by atoms with van der Waals surface area (Å²) >= 11 is 3.41. The van der Waals surface area contributed by atoms with E-state index in [-0.39, 0.29) is 12.5 Å². The van der Waals surface area contributed by atoms with Crippen LogP contribution in [-0.2, 0) is 4.79 Å². The van der Waals surface area contributed by atoms with Crippen LogP contribution < -0.4 is 16.2 Å². The van der Waals surface area contributed by atoms with Crippen molar-refractivity contribution in [1.82, 2.24) is 20.6 Å². The van der Waals surface area contributed by atoms with Gasteiger partial charge in [0.15, 0.2) is 0 Å². The third-order valence-electron chi connectivity index (χ3n) is 4.41. The van der Waals surface area contributed by atoms with Gasteiger partial charge in [0.25, 0.3) is 11.8 Å². The average molecular weight is 456 g/mol. The maximum atomic E-state index is 12.6. The largest absolute Gasteiger partial charge is 0.376 e. The normalized spacial score (nSPS) is 10.5. The van der Waals surface area contributed by atoms with Crippen LogP contribution in [0.25, 0.3) is 5.69 Å². The predicted octanol–water partition coefficient (Wildman–Crippen LogP) is 3.43. The van der Waals surface area contributed by atoms with Gasteiger partial charge in [-0.05, 0) is 57.2 Å². The van der Waals surface area contributed by atoms with E-state index in [4.69, 9.17) is 0 Å². The van der Waals surface area contributed by atoms with Crippen LogP contribution in [0.3, 0.4) is 0 Å². The predicted molar refractivity (Wildman–Crippen MR) is 116 cm³/mol. The average Bonchev–Trinajstić information content (AvgIpc) is 3.00. The number of halogens is 1. The monoisotopic (exact) mass is 455 g/mol. The molecule has 8 heteroatoms. The lowest BCUT2D eigenvalue weighted by Crippen LogP contribution is -2.44. The molecule has 0 saturated heterocycles. The first-order valence-electron chi connectivity index (χ1n) is 9.07. The highest BCUT2D eigenvalue weighted by atomic mass is 79.9. The Labute approximate surface area is 177 Å². The minimum Gasteiger partial charge on any atom is -0.376 e. The van der Waals surface area contributed by atoms with Gasteiger partial charge in [-0.3, -0.25) is 20.4 Å². The molecule has 2 amide bonds. The Kier molecular flexibility index (Phi) is 6.33. The zero-order chi connectivity index (χ0) is 21.0. The number of nitrogens with one attached hydrogen (secondary N) is 3. The van der Waals surface area contributed by atoms with Crippen LogP contribution in [0.5, 0.6) is 0 Å². The summed E-state index contributed by atoms with van der Waals surface area (Å²) in [5.74, 6) is -0.762. The van der Waals surface area contributed by atoms with Crippen LogP contribution in [-0.4, -0.2) is 28.1 Å². The number of carbonyl (C=O) groups is 2. The molecule has 0 fully saturated rings. The molecule has 3 rings (SSSR count). The van der Waals surface area contributed by atoms with Gasteiger partial charge in [-0.15, -0.1) is 0 Å². The third kappa shape index (κ3) is 5.03. The van der Waals surface area contributed by atoms with Crippen molar-refractivity contribution in [2.24, 2.45) is 0 Å². The highest BCUT2D eigenvalue weighted by Gasteiger charge is 2.19. The number of hydrogen-bond donors (Lipinski definition) is 3. The molecular weight excluding hydrogens is 434 g/mol. The van der Waals surface area contributed by atoms with Crippen molar-refractivity contribution in [2.45, 2.75) is 20.8 Å². The number of rotatable bonds is 5. The third-order valence-corrected chi connectivity index (χ3v) is 4.94. The fourth-order valence-corrected chi connectivity index (χ4v) is 3.16. The molecule has 0 spiro atoms. The van der Waals surface area contributed by atoms with Crippen LogP contribution in [0.2, 0.25) is 0 Å². The van der Waals surface area contributed by atoms with Gasteiger partial charge in [0.1, 0.15) is 0 Å². The van der Waals surface area contributed by atoms with E-state index in [2.05, 4.69) is 37.2 Å². The van der Waals surface area contributed by atoms with E-state index in [9.17, 15) is 9.59 Å². The summed E-state index contributed by atoms with van der Waals surface area (Å²) in [5, 5.41) is 7.46. The van der Waals surface area contributed by atoms with Gasteiger partial charge in [-0.1, -0.05) is 33.6 Å². The molecule has 0 radical (unpaired) electrons. The Bertz CT molecular complexity index is 1030. The van der Waals surface area contributed by atoms with Crippen molar-refractivity contribution < 1.29 is 9.59 Å². The van der Waals surface area contributed by atoms with E-state index in [0.717, 1.165) is 21.4 Å². The number of hydrazine groups is 1. The number of hydrogen-bond acceptors (Lipinski definition) is 4. The van der Waals surface area contributed by atoms with Crippen LogP contribution in [0, 0.1) is 20.8 Å². The lowest BCUT2D eigenvalue weighted by atomic mass is 10.2. The first kappa shape index (κ1) is 20.6.